The first kappa shape index (κ1) is 15.8. The maximum atomic E-state index is 6.15. The number of hydrogen-bond donors (Lipinski definition) is 0. The van der Waals surface area contributed by atoms with E-state index in [0.29, 0.717) is 18.4 Å². The summed E-state index contributed by atoms with van der Waals surface area (Å²) in [6.45, 7) is 9.06. The van der Waals surface area contributed by atoms with Gasteiger partial charge in [0.2, 0.25) is 0 Å². The normalized spacial score (nSPS) is 27.9. The van der Waals surface area contributed by atoms with E-state index >= 15 is 0 Å². The summed E-state index contributed by atoms with van der Waals surface area (Å²) < 4.78 is 18.3. The Labute approximate surface area is 134 Å². The first-order valence-corrected chi connectivity index (χ1v) is 7.86. The van der Waals surface area contributed by atoms with Crippen molar-refractivity contribution in [2.75, 3.05) is 13.7 Å². The van der Waals surface area contributed by atoms with E-state index in [1.165, 1.54) is 0 Å². The first-order chi connectivity index (χ1) is 9.52. The lowest BCUT2D eigenvalue weighted by molar-refractivity contribution is -0.246. The summed E-state index contributed by atoms with van der Waals surface area (Å²) in [6.07, 6.45) is -0.166. The van der Waals surface area contributed by atoms with E-state index in [-0.39, 0.29) is 12.4 Å². The average Bonchev–Trinajstić information content (AvgIpc) is 2.47. The van der Waals surface area contributed by atoms with Crippen molar-refractivity contribution < 1.29 is 14.2 Å². The van der Waals surface area contributed by atoms with E-state index in [2.05, 4.69) is 43.0 Å². The van der Waals surface area contributed by atoms with Crippen molar-refractivity contribution in [1.29, 1.82) is 0 Å². The quantitative estimate of drug-likeness (QED) is 0.719. The molecule has 4 atom stereocenters. The van der Waals surface area contributed by atoms with Gasteiger partial charge in [-0.25, -0.2) is 0 Å². The average molecular weight is 388 g/mol. The molecule has 3 nitrogen and oxygen atoms in total. The lowest BCUT2D eigenvalue weighted by atomic mass is 9.93. The zero-order valence-electron chi connectivity index (χ0n) is 12.1. The number of rotatable bonds is 4. The van der Waals surface area contributed by atoms with Gasteiger partial charge in [0, 0.05) is 17.4 Å². The Morgan fingerprint density at radius 1 is 1.40 bits per heavy atom. The largest absolute Gasteiger partial charge is 0.497 e. The molecule has 0 radical (unpaired) electrons. The van der Waals surface area contributed by atoms with Gasteiger partial charge in [-0.3, -0.25) is 0 Å². The van der Waals surface area contributed by atoms with E-state index in [0.717, 1.165) is 14.9 Å². The van der Waals surface area contributed by atoms with Crippen LogP contribution in [0.2, 0.25) is 0 Å². The second-order valence-corrected chi connectivity index (χ2v) is 6.64. The second kappa shape index (κ2) is 6.91. The summed E-state index contributed by atoms with van der Waals surface area (Å²) in [6, 6.07) is 7.83. The lowest BCUT2D eigenvalue weighted by Crippen LogP contribution is -2.38. The third-order valence-corrected chi connectivity index (χ3v) is 4.71. The van der Waals surface area contributed by atoms with Crippen LogP contribution in [0.25, 0.3) is 0 Å². The van der Waals surface area contributed by atoms with Gasteiger partial charge >= 0.3 is 0 Å². The van der Waals surface area contributed by atoms with Crippen LogP contribution in [0.15, 0.2) is 34.4 Å². The minimum absolute atomic E-state index is 0.139. The number of hydrogen-bond acceptors (Lipinski definition) is 3. The standard InChI is InChI=1S/C16H21IO3/c1-10-9-19-16(20-15(10)11(2)12(3)17)13-5-7-14(18-4)8-6-13/h5-8,10-11,15-16H,3,9H2,1-2,4H3/t10-,11+,15-,16-/m0/s1. The van der Waals surface area contributed by atoms with Gasteiger partial charge in [-0.1, -0.05) is 32.6 Å². The zero-order chi connectivity index (χ0) is 14.7. The molecule has 0 aliphatic carbocycles. The van der Waals surface area contributed by atoms with Crippen molar-refractivity contribution in [3.8, 4) is 5.75 Å². The van der Waals surface area contributed by atoms with Crippen molar-refractivity contribution in [2.24, 2.45) is 11.8 Å². The number of methoxy groups -OCH3 is 1. The Hall–Kier alpha value is -0.590. The monoisotopic (exact) mass is 388 g/mol. The van der Waals surface area contributed by atoms with Gasteiger partial charge in [0.25, 0.3) is 0 Å². The third-order valence-electron chi connectivity index (χ3n) is 3.73. The molecule has 110 valence electrons. The summed E-state index contributed by atoms with van der Waals surface area (Å²) >= 11 is 2.28. The number of ether oxygens (including phenoxy) is 3. The predicted molar refractivity (Wildman–Crippen MR) is 88.0 cm³/mol. The van der Waals surface area contributed by atoms with E-state index in [9.17, 15) is 0 Å². The minimum atomic E-state index is -0.305. The molecule has 0 spiro atoms. The van der Waals surface area contributed by atoms with Crippen molar-refractivity contribution in [2.45, 2.75) is 26.2 Å². The topological polar surface area (TPSA) is 27.7 Å². The van der Waals surface area contributed by atoms with Crippen LogP contribution >= 0.6 is 22.6 Å². The fourth-order valence-electron chi connectivity index (χ4n) is 2.37. The third kappa shape index (κ3) is 3.54. The maximum absolute atomic E-state index is 6.15. The van der Waals surface area contributed by atoms with Crippen LogP contribution in [-0.2, 0) is 9.47 Å². The van der Waals surface area contributed by atoms with Gasteiger partial charge in [-0.2, -0.15) is 0 Å². The summed E-state index contributed by atoms with van der Waals surface area (Å²) in [4.78, 5) is 0. The molecule has 1 saturated heterocycles. The highest BCUT2D eigenvalue weighted by Crippen LogP contribution is 2.36. The molecular formula is C16H21IO3. The highest BCUT2D eigenvalue weighted by molar-refractivity contribution is 14.1. The molecule has 1 aliphatic heterocycles. The molecule has 2 rings (SSSR count). The fraction of sp³-hybridized carbons (Fsp3) is 0.500. The molecule has 0 bridgehead atoms. The smallest absolute Gasteiger partial charge is 0.184 e. The molecule has 1 fully saturated rings. The molecule has 1 aliphatic rings. The molecule has 0 unspecified atom stereocenters. The zero-order valence-corrected chi connectivity index (χ0v) is 14.3. The van der Waals surface area contributed by atoms with Gasteiger partial charge < -0.3 is 14.2 Å². The Morgan fingerprint density at radius 3 is 2.60 bits per heavy atom. The molecular weight excluding hydrogens is 367 g/mol. The van der Waals surface area contributed by atoms with Crippen LogP contribution in [-0.4, -0.2) is 19.8 Å². The van der Waals surface area contributed by atoms with Crippen molar-refractivity contribution >= 4 is 22.6 Å². The summed E-state index contributed by atoms with van der Waals surface area (Å²) in [5, 5.41) is 0. The fourth-order valence-corrected chi connectivity index (χ4v) is 2.73. The molecule has 20 heavy (non-hydrogen) atoms. The highest BCUT2D eigenvalue weighted by atomic mass is 127. The predicted octanol–water partition coefficient (Wildman–Crippen LogP) is 4.33. The molecule has 0 saturated carbocycles. The molecule has 1 aromatic rings. The molecule has 4 heteroatoms. The molecule has 1 aromatic carbocycles. The molecule has 0 amide bonds. The summed E-state index contributed by atoms with van der Waals surface area (Å²) in [5.41, 5.74) is 1.02. The van der Waals surface area contributed by atoms with Crippen molar-refractivity contribution in [1.82, 2.24) is 0 Å². The SMILES string of the molecule is C=C(I)[C@@H](C)[C@H]1O[C@@H](c2ccc(OC)cc2)OC[C@@H]1C. The van der Waals surface area contributed by atoms with Gasteiger partial charge in [-0.05, 0) is 38.3 Å². The minimum Gasteiger partial charge on any atom is -0.497 e. The van der Waals surface area contributed by atoms with Crippen LogP contribution in [0.1, 0.15) is 25.7 Å². The van der Waals surface area contributed by atoms with E-state index in [1.54, 1.807) is 7.11 Å². The molecule has 0 N–H and O–H groups in total. The highest BCUT2D eigenvalue weighted by Gasteiger charge is 2.34. The Morgan fingerprint density at radius 2 is 2.05 bits per heavy atom. The lowest BCUT2D eigenvalue weighted by Gasteiger charge is -2.38. The Balaban J connectivity index is 2.11. The Kier molecular flexibility index (Phi) is 5.46. The van der Waals surface area contributed by atoms with Crippen LogP contribution in [0.4, 0.5) is 0 Å². The van der Waals surface area contributed by atoms with Crippen LogP contribution in [0, 0.1) is 11.8 Å². The summed E-state index contributed by atoms with van der Waals surface area (Å²) in [7, 11) is 1.66. The number of benzene rings is 1. The van der Waals surface area contributed by atoms with Crippen LogP contribution in [0.5, 0.6) is 5.75 Å². The van der Waals surface area contributed by atoms with E-state index in [4.69, 9.17) is 14.2 Å². The summed E-state index contributed by atoms with van der Waals surface area (Å²) in [5.74, 6) is 1.52. The van der Waals surface area contributed by atoms with Crippen molar-refractivity contribution in [3.05, 3.63) is 40.0 Å². The van der Waals surface area contributed by atoms with Gasteiger partial charge in [0.15, 0.2) is 6.29 Å². The molecule has 1 heterocycles. The van der Waals surface area contributed by atoms with E-state index < -0.39 is 0 Å². The van der Waals surface area contributed by atoms with E-state index in [1.807, 2.05) is 24.3 Å². The second-order valence-electron chi connectivity index (χ2n) is 5.25. The number of halogens is 1. The van der Waals surface area contributed by atoms with Crippen LogP contribution < -0.4 is 4.74 Å². The molecule has 0 aromatic heterocycles. The van der Waals surface area contributed by atoms with Gasteiger partial charge in [-0.15, -0.1) is 0 Å². The van der Waals surface area contributed by atoms with Crippen LogP contribution in [0.3, 0.4) is 0 Å². The van der Waals surface area contributed by atoms with Gasteiger partial charge in [0.05, 0.1) is 19.8 Å². The Bertz CT molecular complexity index is 457. The van der Waals surface area contributed by atoms with Gasteiger partial charge in [0.1, 0.15) is 5.75 Å². The first-order valence-electron chi connectivity index (χ1n) is 6.78. The maximum Gasteiger partial charge on any atom is 0.184 e. The van der Waals surface area contributed by atoms with Crippen molar-refractivity contribution in [3.63, 3.8) is 0 Å².